The van der Waals surface area contributed by atoms with Gasteiger partial charge in [-0.05, 0) is 92.6 Å². The third kappa shape index (κ3) is 9.16. The molecule has 8 aromatic rings. The molecule has 5 aromatic heterocycles. The van der Waals surface area contributed by atoms with Crippen LogP contribution in [0, 0.1) is 30.2 Å². The summed E-state index contributed by atoms with van der Waals surface area (Å²) in [6.07, 6.45) is 2.88. The van der Waals surface area contributed by atoms with Gasteiger partial charge in [0.25, 0.3) is 17.0 Å². The third-order valence-corrected chi connectivity index (χ3v) is 17.8. The molecule has 4 aliphatic heterocycles. The molecule has 454 valence electrons. The van der Waals surface area contributed by atoms with Crippen molar-refractivity contribution in [3.8, 4) is 51.0 Å². The fourth-order valence-electron chi connectivity index (χ4n) is 13.4. The Bertz CT molecular complexity index is 4420. The van der Waals surface area contributed by atoms with E-state index < -0.39 is 86.4 Å². The van der Waals surface area contributed by atoms with Crippen LogP contribution in [0.3, 0.4) is 0 Å². The lowest BCUT2D eigenvalue weighted by atomic mass is 9.95. The molecular formula is C66H63ClF4N10O7. The number of nitrogens with zero attached hydrogens (tertiary/aromatic N) is 10. The van der Waals surface area contributed by atoms with Crippen LogP contribution in [-0.4, -0.2) is 118 Å². The van der Waals surface area contributed by atoms with Crippen LogP contribution in [0.4, 0.5) is 28.9 Å². The summed E-state index contributed by atoms with van der Waals surface area (Å²) in [5, 5.41) is 22.3. The van der Waals surface area contributed by atoms with Gasteiger partial charge in [-0.15, -0.1) is 0 Å². The highest BCUT2D eigenvalue weighted by molar-refractivity contribution is 6.34. The molecule has 0 spiro atoms. The number of ether oxygens (including phenoxy) is 1. The van der Waals surface area contributed by atoms with E-state index in [1.807, 2.05) is 48.5 Å². The summed E-state index contributed by atoms with van der Waals surface area (Å²) in [6.45, 7) is 25.1. The summed E-state index contributed by atoms with van der Waals surface area (Å²) in [5.74, 6) is -7.67. The fraction of sp³-hybridized carbons (Fsp3) is 0.333. The lowest BCUT2D eigenvalue weighted by molar-refractivity contribution is -0.129. The number of carbonyl (C=O) groups excluding carboxylic acids is 2. The molecule has 0 bridgehead atoms. The van der Waals surface area contributed by atoms with Crippen LogP contribution in [0.15, 0.2) is 89.7 Å². The average Bonchev–Trinajstić information content (AvgIpc) is 1.07. The quantitative estimate of drug-likeness (QED) is 0.0972. The minimum atomic E-state index is -1.33. The van der Waals surface area contributed by atoms with Gasteiger partial charge in [-0.1, -0.05) is 78.4 Å². The molecule has 2 saturated heterocycles. The number of aromatic nitrogens is 6. The standard InChI is InChI=1S/C66H63ClF4N10O7/c1-12-48(84)76-25-36-20-40-58(78(36)23-33(76)9)39-21-41(67)56(50-43(69)16-14-18-47(50)83)75-63(39)81(65(40)86)57-32(8)19-45(74-55(57)31(6)7)35(11)64(85)77-26-37-27-88-62-60(79(37)24-34(77)10)38-22-44(70)51(49-42(68)15-13-17-46(49)82)52(71)59(38)80(66(62)87)61-53(29(2)3)72-28-73-54(61)30(4)5/h12-19,21-22,28-31,33-34,36-37,82-83H,1,11,20,23-27H2,2-10H3. The summed E-state index contributed by atoms with van der Waals surface area (Å²) < 4.78 is 75.3. The molecule has 0 aliphatic carbocycles. The van der Waals surface area contributed by atoms with Crippen LogP contribution in [0.2, 0.25) is 5.02 Å². The second-order valence-electron chi connectivity index (χ2n) is 24.2. The van der Waals surface area contributed by atoms with Crippen LogP contribution < -0.4 is 25.7 Å². The average molecular weight is 1220 g/mol. The van der Waals surface area contributed by atoms with Gasteiger partial charge < -0.3 is 34.5 Å². The molecule has 3 aromatic carbocycles. The fourth-order valence-corrected chi connectivity index (χ4v) is 13.6. The molecule has 12 rings (SSSR count). The van der Waals surface area contributed by atoms with Crippen LogP contribution >= 0.6 is 11.6 Å². The van der Waals surface area contributed by atoms with Gasteiger partial charge in [0, 0.05) is 61.0 Å². The van der Waals surface area contributed by atoms with Crippen molar-refractivity contribution in [2.24, 2.45) is 0 Å². The molecule has 4 atom stereocenters. The van der Waals surface area contributed by atoms with Gasteiger partial charge in [0.15, 0.2) is 5.82 Å². The highest BCUT2D eigenvalue weighted by atomic mass is 35.5. The van der Waals surface area contributed by atoms with Gasteiger partial charge in [-0.25, -0.2) is 32.5 Å². The van der Waals surface area contributed by atoms with Crippen molar-refractivity contribution in [3.05, 3.63) is 163 Å². The van der Waals surface area contributed by atoms with Crippen molar-refractivity contribution >= 4 is 62.3 Å². The predicted octanol–water partition coefficient (Wildman–Crippen LogP) is 11.2. The van der Waals surface area contributed by atoms with Crippen LogP contribution in [-0.2, 0) is 16.0 Å². The van der Waals surface area contributed by atoms with E-state index in [4.69, 9.17) is 26.3 Å². The number of phenolic OH excluding ortho intramolecular Hbond substituents is 2. The van der Waals surface area contributed by atoms with E-state index in [2.05, 4.69) is 28.0 Å². The first-order chi connectivity index (χ1) is 41.8. The van der Waals surface area contributed by atoms with Crippen molar-refractivity contribution in [2.75, 3.05) is 42.6 Å². The number of hydrogen-bond donors (Lipinski definition) is 2. The number of halogens is 5. The number of amides is 2. The highest BCUT2D eigenvalue weighted by Crippen LogP contribution is 2.48. The molecule has 88 heavy (non-hydrogen) atoms. The zero-order valence-electron chi connectivity index (χ0n) is 49.8. The molecule has 2 amide bonds. The molecule has 17 nitrogen and oxygen atoms in total. The maximum absolute atomic E-state index is 18.0. The Labute approximate surface area is 508 Å². The van der Waals surface area contributed by atoms with Gasteiger partial charge in [0.05, 0.1) is 96.1 Å². The minimum Gasteiger partial charge on any atom is -0.507 e. The van der Waals surface area contributed by atoms with Crippen molar-refractivity contribution in [1.82, 2.24) is 38.9 Å². The van der Waals surface area contributed by atoms with Gasteiger partial charge in [0.2, 0.25) is 11.7 Å². The number of piperazine rings is 2. The van der Waals surface area contributed by atoms with Gasteiger partial charge in [-0.3, -0.25) is 33.3 Å². The van der Waals surface area contributed by atoms with Crippen LogP contribution in [0.1, 0.15) is 107 Å². The van der Waals surface area contributed by atoms with E-state index in [1.165, 1.54) is 41.2 Å². The molecule has 0 radical (unpaired) electrons. The molecule has 22 heteroatoms. The lowest BCUT2D eigenvalue weighted by Crippen LogP contribution is -2.62. The molecule has 9 heterocycles. The summed E-state index contributed by atoms with van der Waals surface area (Å²) in [4.78, 5) is 85.4. The first-order valence-electron chi connectivity index (χ1n) is 29.2. The van der Waals surface area contributed by atoms with E-state index in [-0.39, 0.29) is 112 Å². The normalized spacial score (nSPS) is 18.1. The minimum absolute atomic E-state index is 0.000348. The second-order valence-corrected chi connectivity index (χ2v) is 24.6. The molecular weight excluding hydrogens is 1160 g/mol. The summed E-state index contributed by atoms with van der Waals surface area (Å²) >= 11 is 7.03. The van der Waals surface area contributed by atoms with Crippen molar-refractivity contribution in [1.29, 1.82) is 0 Å². The van der Waals surface area contributed by atoms with Crippen molar-refractivity contribution in [2.45, 2.75) is 111 Å². The Hall–Kier alpha value is -9.11. The Kier molecular flexibility index (Phi) is 14.8. The Balaban J connectivity index is 0.950. The number of carbonyl (C=O) groups is 2. The molecule has 0 saturated carbocycles. The SMILES string of the molecule is C=CC(=O)N1CC2Cc3c(c4cc(Cl)c(-c5c(O)cccc5F)nc4n(-c4c(C)cc(C(=C)C(=O)N5CC6COc7c(c8cc(F)c(-c9c(O)cccc9F)c(F)c8n(-c8c(C(C)C)ncnc8C(C)C)c7=O)N6CC5C)nc4C(C)C)c3=O)N2CC1C. The van der Waals surface area contributed by atoms with Crippen LogP contribution in [0.25, 0.3) is 61.3 Å². The molecule has 2 N–H and O–H groups in total. The zero-order valence-corrected chi connectivity index (χ0v) is 50.6. The first kappa shape index (κ1) is 59.2. The molecule has 4 aliphatic rings. The number of phenols is 2. The van der Waals surface area contributed by atoms with Crippen LogP contribution in [0.5, 0.6) is 17.2 Å². The monoisotopic (exact) mass is 1220 g/mol. The zero-order chi connectivity index (χ0) is 63.0. The Morgan fingerprint density at radius 2 is 1.31 bits per heavy atom. The largest absolute Gasteiger partial charge is 0.507 e. The highest BCUT2D eigenvalue weighted by Gasteiger charge is 2.45. The number of aromatic hydroxyl groups is 2. The van der Waals surface area contributed by atoms with Gasteiger partial charge in [-0.2, -0.15) is 0 Å². The van der Waals surface area contributed by atoms with Crippen molar-refractivity contribution < 1.29 is 42.1 Å². The topological polar surface area (TPSA) is 192 Å². The first-order valence-corrected chi connectivity index (χ1v) is 29.5. The van der Waals surface area contributed by atoms with E-state index in [9.17, 15) is 15.0 Å². The summed E-state index contributed by atoms with van der Waals surface area (Å²) in [5.41, 5.74) is -0.244. The van der Waals surface area contributed by atoms with E-state index in [0.717, 1.165) is 22.8 Å². The lowest BCUT2D eigenvalue weighted by Gasteiger charge is -2.49. The maximum atomic E-state index is 18.0. The number of pyridine rings is 4. The number of anilines is 2. The number of rotatable bonds is 10. The van der Waals surface area contributed by atoms with Gasteiger partial charge in [0.1, 0.15) is 47.5 Å². The number of fused-ring (bicyclic) bond motifs is 10. The van der Waals surface area contributed by atoms with Gasteiger partial charge >= 0.3 is 0 Å². The summed E-state index contributed by atoms with van der Waals surface area (Å²) in [7, 11) is 0. The number of aryl methyl sites for hydroxylation is 1. The smallest absolute Gasteiger partial charge is 0.300 e. The van der Waals surface area contributed by atoms with Crippen molar-refractivity contribution in [3.63, 3.8) is 0 Å². The van der Waals surface area contributed by atoms with E-state index >= 15 is 31.9 Å². The maximum Gasteiger partial charge on any atom is 0.300 e. The molecule has 2 fully saturated rings. The third-order valence-electron chi connectivity index (χ3n) is 17.5. The predicted molar refractivity (Wildman–Crippen MR) is 329 cm³/mol. The van der Waals surface area contributed by atoms with E-state index in [1.54, 1.807) is 40.7 Å². The number of hydrogen-bond acceptors (Lipinski definition) is 13. The second kappa shape index (κ2) is 21.9. The Morgan fingerprint density at radius 3 is 1.92 bits per heavy atom. The number of benzene rings is 3. The molecule has 4 unspecified atom stereocenters. The van der Waals surface area contributed by atoms with E-state index in [0.29, 0.717) is 58.1 Å². The summed E-state index contributed by atoms with van der Waals surface area (Å²) in [6, 6.07) is 9.44. The Morgan fingerprint density at radius 1 is 0.705 bits per heavy atom.